The van der Waals surface area contributed by atoms with E-state index in [4.69, 9.17) is 5.73 Å². The fourth-order valence-electron chi connectivity index (χ4n) is 1.66. The Morgan fingerprint density at radius 3 is 2.38 bits per heavy atom. The van der Waals surface area contributed by atoms with Crippen molar-refractivity contribution in [1.29, 1.82) is 0 Å². The van der Waals surface area contributed by atoms with Gasteiger partial charge in [-0.3, -0.25) is 0 Å². The zero-order chi connectivity index (χ0) is 11.1. The number of ether oxygens (including phenoxy) is 1. The lowest BCUT2D eigenvalue weighted by atomic mass is 9.85. The molecule has 0 unspecified atom stereocenters. The molecule has 3 nitrogen and oxygen atoms in total. The Hall–Kier alpha value is -0.910. The largest absolute Gasteiger partial charge is 0.494 e. The van der Waals surface area contributed by atoms with Crippen molar-refractivity contribution in [3.05, 3.63) is 29.3 Å². The maximum atomic E-state index is 13.6. The molecule has 1 aliphatic rings. The normalized spacial score (nSPS) is 17.2. The molecule has 0 radical (unpaired) electrons. The Morgan fingerprint density at radius 2 is 1.94 bits per heavy atom. The van der Waals surface area contributed by atoms with Gasteiger partial charge in [0.25, 0.3) is 0 Å². The molecule has 0 bridgehead atoms. The molecule has 90 valence electrons. The highest BCUT2D eigenvalue weighted by Gasteiger charge is 2.37. The number of rotatable bonds is 2. The van der Waals surface area contributed by atoms with Gasteiger partial charge in [-0.25, -0.2) is 4.39 Å². The molecule has 0 atom stereocenters. The van der Waals surface area contributed by atoms with Crippen LogP contribution in [0.15, 0.2) is 12.1 Å². The third-order valence-electron chi connectivity index (χ3n) is 2.68. The zero-order valence-corrected chi connectivity index (χ0v) is 9.54. The van der Waals surface area contributed by atoms with Crippen molar-refractivity contribution in [2.75, 3.05) is 20.2 Å². The third kappa shape index (κ3) is 1.86. The van der Waals surface area contributed by atoms with Gasteiger partial charge in [-0.1, -0.05) is 6.07 Å². The minimum absolute atomic E-state index is 0. The molecule has 1 fully saturated rings. The standard InChI is InChI=1S/C10H12F2N2O.ClH/c1-15-7-3-2-6(8(11)9(7)12)10(13)4-14-5-10;/h2-3,14H,4-5,13H2,1H3;1H. The molecule has 2 rings (SSSR count). The topological polar surface area (TPSA) is 47.3 Å². The average Bonchev–Trinajstić information content (AvgIpc) is 2.19. The minimum atomic E-state index is -0.980. The maximum Gasteiger partial charge on any atom is 0.200 e. The van der Waals surface area contributed by atoms with Gasteiger partial charge in [0, 0.05) is 18.7 Å². The van der Waals surface area contributed by atoms with Crippen LogP contribution in [0, 0.1) is 11.6 Å². The molecule has 1 aromatic rings. The van der Waals surface area contributed by atoms with Crippen molar-refractivity contribution in [3.63, 3.8) is 0 Å². The van der Waals surface area contributed by atoms with Crippen LogP contribution in [0.4, 0.5) is 8.78 Å². The Labute approximate surface area is 98.4 Å². The second-order valence-corrected chi connectivity index (χ2v) is 3.70. The van der Waals surface area contributed by atoms with Crippen LogP contribution in [0.3, 0.4) is 0 Å². The Morgan fingerprint density at radius 1 is 1.31 bits per heavy atom. The number of nitrogens with one attached hydrogen (secondary N) is 1. The molecule has 6 heteroatoms. The van der Waals surface area contributed by atoms with E-state index in [9.17, 15) is 8.78 Å². The second kappa shape index (κ2) is 4.53. The molecule has 1 aliphatic heterocycles. The first-order chi connectivity index (χ1) is 7.08. The molecule has 0 aliphatic carbocycles. The summed E-state index contributed by atoms with van der Waals surface area (Å²) in [6, 6.07) is 2.86. The van der Waals surface area contributed by atoms with E-state index in [1.165, 1.54) is 19.2 Å². The van der Waals surface area contributed by atoms with Crippen LogP contribution in [0.2, 0.25) is 0 Å². The monoisotopic (exact) mass is 250 g/mol. The summed E-state index contributed by atoms with van der Waals surface area (Å²) in [5, 5.41) is 2.93. The molecular weight excluding hydrogens is 238 g/mol. The highest BCUT2D eigenvalue weighted by molar-refractivity contribution is 5.85. The SMILES string of the molecule is COc1ccc(C2(N)CNC2)c(F)c1F.Cl. The molecule has 16 heavy (non-hydrogen) atoms. The van der Waals surface area contributed by atoms with E-state index in [1.54, 1.807) is 0 Å². The quantitative estimate of drug-likeness (QED) is 0.828. The summed E-state index contributed by atoms with van der Waals surface area (Å²) >= 11 is 0. The molecule has 0 aromatic heterocycles. The number of halogens is 3. The summed E-state index contributed by atoms with van der Waals surface area (Å²) in [7, 11) is 1.29. The first-order valence-corrected chi connectivity index (χ1v) is 4.60. The number of nitrogens with two attached hydrogens (primary N) is 1. The maximum absolute atomic E-state index is 13.6. The summed E-state index contributed by atoms with van der Waals surface area (Å²) in [5.74, 6) is -2.00. The third-order valence-corrected chi connectivity index (χ3v) is 2.68. The van der Waals surface area contributed by atoms with Crippen LogP contribution in [0.25, 0.3) is 0 Å². The van der Waals surface area contributed by atoms with Crippen LogP contribution >= 0.6 is 12.4 Å². The molecule has 1 saturated heterocycles. The van der Waals surface area contributed by atoms with E-state index in [2.05, 4.69) is 10.1 Å². The predicted octanol–water partition coefficient (Wildman–Crippen LogP) is 1.15. The lowest BCUT2D eigenvalue weighted by Gasteiger charge is -2.39. The predicted molar refractivity (Wildman–Crippen MR) is 58.9 cm³/mol. The highest BCUT2D eigenvalue weighted by atomic mass is 35.5. The smallest absolute Gasteiger partial charge is 0.200 e. The van der Waals surface area contributed by atoms with Crippen molar-refractivity contribution in [2.24, 2.45) is 5.73 Å². The van der Waals surface area contributed by atoms with E-state index < -0.39 is 17.2 Å². The Bertz CT molecular complexity index is 397. The molecule has 0 spiro atoms. The first kappa shape index (κ1) is 13.2. The van der Waals surface area contributed by atoms with Gasteiger partial charge in [0.1, 0.15) is 0 Å². The van der Waals surface area contributed by atoms with Crippen molar-refractivity contribution < 1.29 is 13.5 Å². The van der Waals surface area contributed by atoms with Gasteiger partial charge in [-0.2, -0.15) is 4.39 Å². The number of benzene rings is 1. The van der Waals surface area contributed by atoms with E-state index in [-0.39, 0.29) is 23.7 Å². The van der Waals surface area contributed by atoms with E-state index in [1.807, 2.05) is 0 Å². The van der Waals surface area contributed by atoms with Crippen LogP contribution < -0.4 is 15.8 Å². The van der Waals surface area contributed by atoms with Crippen LogP contribution in [0.1, 0.15) is 5.56 Å². The summed E-state index contributed by atoms with van der Waals surface area (Å²) in [5.41, 5.74) is 5.27. The van der Waals surface area contributed by atoms with Crippen LogP contribution in [-0.4, -0.2) is 20.2 Å². The van der Waals surface area contributed by atoms with E-state index >= 15 is 0 Å². The van der Waals surface area contributed by atoms with Gasteiger partial charge in [0.2, 0.25) is 5.82 Å². The number of methoxy groups -OCH3 is 1. The van der Waals surface area contributed by atoms with Crippen molar-refractivity contribution in [1.82, 2.24) is 5.32 Å². The average molecular weight is 251 g/mol. The van der Waals surface area contributed by atoms with Gasteiger partial charge in [-0.15, -0.1) is 12.4 Å². The van der Waals surface area contributed by atoms with Gasteiger partial charge >= 0.3 is 0 Å². The van der Waals surface area contributed by atoms with Gasteiger partial charge < -0.3 is 15.8 Å². The number of hydrogen-bond donors (Lipinski definition) is 2. The summed E-state index contributed by atoms with van der Waals surface area (Å²) in [6.45, 7) is 0.908. The van der Waals surface area contributed by atoms with Crippen LogP contribution in [-0.2, 0) is 5.54 Å². The van der Waals surface area contributed by atoms with Crippen molar-refractivity contribution >= 4 is 12.4 Å². The highest BCUT2D eigenvalue weighted by Crippen LogP contribution is 2.30. The number of hydrogen-bond acceptors (Lipinski definition) is 3. The van der Waals surface area contributed by atoms with Crippen molar-refractivity contribution in [2.45, 2.75) is 5.54 Å². The summed E-state index contributed by atoms with van der Waals surface area (Å²) in [6.07, 6.45) is 0. The molecule has 0 amide bonds. The lowest BCUT2D eigenvalue weighted by Crippen LogP contribution is -2.63. The van der Waals surface area contributed by atoms with Gasteiger partial charge in [-0.05, 0) is 6.07 Å². The molecule has 1 heterocycles. The Balaban J connectivity index is 0.00000128. The lowest BCUT2D eigenvalue weighted by molar-refractivity contribution is 0.271. The fourth-order valence-corrected chi connectivity index (χ4v) is 1.66. The molecule has 0 saturated carbocycles. The molecular formula is C10H13ClF2N2O. The summed E-state index contributed by atoms with van der Waals surface area (Å²) < 4.78 is 31.7. The minimum Gasteiger partial charge on any atom is -0.494 e. The van der Waals surface area contributed by atoms with Crippen molar-refractivity contribution in [3.8, 4) is 5.75 Å². The van der Waals surface area contributed by atoms with Crippen LogP contribution in [0.5, 0.6) is 5.75 Å². The Kier molecular flexibility index (Phi) is 3.72. The first-order valence-electron chi connectivity index (χ1n) is 4.60. The molecule has 1 aromatic carbocycles. The molecule has 3 N–H and O–H groups in total. The fraction of sp³-hybridized carbons (Fsp3) is 0.400. The van der Waals surface area contributed by atoms with E-state index in [0.717, 1.165) is 0 Å². The zero-order valence-electron chi connectivity index (χ0n) is 8.72. The van der Waals surface area contributed by atoms with E-state index in [0.29, 0.717) is 13.1 Å². The summed E-state index contributed by atoms with van der Waals surface area (Å²) in [4.78, 5) is 0. The second-order valence-electron chi connectivity index (χ2n) is 3.70. The van der Waals surface area contributed by atoms with Gasteiger partial charge in [0.15, 0.2) is 11.6 Å². The van der Waals surface area contributed by atoms with Gasteiger partial charge in [0.05, 0.1) is 12.6 Å².